The lowest BCUT2D eigenvalue weighted by Gasteiger charge is -2.36. The minimum absolute atomic E-state index is 0.800. The van der Waals surface area contributed by atoms with E-state index in [0.29, 0.717) is 0 Å². The molecule has 2 fully saturated rings. The van der Waals surface area contributed by atoms with Gasteiger partial charge in [0.25, 0.3) is 0 Å². The predicted octanol–water partition coefficient (Wildman–Crippen LogP) is 0.746. The number of nitrogens with one attached hydrogen (secondary N) is 2. The molecular weight excluding hydrogens is 242 g/mol. The Morgan fingerprint density at radius 3 is 2.94 bits per heavy atom. The van der Waals surface area contributed by atoms with E-state index in [4.69, 9.17) is 12.2 Å². The zero-order valence-electron chi connectivity index (χ0n) is 10.6. The van der Waals surface area contributed by atoms with E-state index in [9.17, 15) is 0 Å². The number of rotatable bonds is 1. The van der Waals surface area contributed by atoms with E-state index >= 15 is 0 Å². The van der Waals surface area contributed by atoms with Crippen molar-refractivity contribution in [1.29, 1.82) is 0 Å². The van der Waals surface area contributed by atoms with Gasteiger partial charge in [0.15, 0.2) is 5.11 Å². The van der Waals surface area contributed by atoms with Crippen LogP contribution in [0.25, 0.3) is 0 Å². The monoisotopic (exact) mass is 262 g/mol. The van der Waals surface area contributed by atoms with Gasteiger partial charge in [0.1, 0.15) is 6.04 Å². The summed E-state index contributed by atoms with van der Waals surface area (Å²) in [5.41, 5.74) is 1.09. The third-order valence-corrected chi connectivity index (χ3v) is 4.44. The number of benzene rings is 1. The SMILES string of the molecule is S=C(Nc1ccccc1)N1CC[NH+]2CCC[C@H]2C1. The van der Waals surface area contributed by atoms with E-state index in [1.54, 1.807) is 4.90 Å². The van der Waals surface area contributed by atoms with Crippen LogP contribution < -0.4 is 10.2 Å². The maximum Gasteiger partial charge on any atom is 0.173 e. The molecule has 96 valence electrons. The molecule has 18 heavy (non-hydrogen) atoms. The number of para-hydroxylation sites is 1. The fourth-order valence-electron chi connectivity index (χ4n) is 3.08. The lowest BCUT2D eigenvalue weighted by Crippen LogP contribution is -3.16. The number of hydrogen-bond donors (Lipinski definition) is 2. The van der Waals surface area contributed by atoms with Crippen LogP contribution in [-0.2, 0) is 0 Å². The molecule has 0 aromatic heterocycles. The van der Waals surface area contributed by atoms with E-state index in [0.717, 1.165) is 29.9 Å². The van der Waals surface area contributed by atoms with Gasteiger partial charge in [-0.2, -0.15) is 0 Å². The summed E-state index contributed by atoms with van der Waals surface area (Å²) in [7, 11) is 0. The highest BCUT2D eigenvalue weighted by atomic mass is 32.1. The van der Waals surface area contributed by atoms with E-state index in [1.807, 2.05) is 18.2 Å². The average molecular weight is 262 g/mol. The van der Waals surface area contributed by atoms with E-state index in [-0.39, 0.29) is 0 Å². The molecule has 1 unspecified atom stereocenters. The average Bonchev–Trinajstić information content (AvgIpc) is 2.87. The van der Waals surface area contributed by atoms with Gasteiger partial charge in [0, 0.05) is 18.5 Å². The molecule has 0 amide bonds. The molecule has 0 bridgehead atoms. The molecule has 2 saturated heterocycles. The maximum atomic E-state index is 5.52. The minimum Gasteiger partial charge on any atom is -0.337 e. The van der Waals surface area contributed by atoms with Crippen LogP contribution in [0.15, 0.2) is 30.3 Å². The molecule has 2 aliphatic heterocycles. The first kappa shape index (κ1) is 11.9. The molecule has 3 nitrogen and oxygen atoms in total. The van der Waals surface area contributed by atoms with Crippen molar-refractivity contribution < 1.29 is 4.90 Å². The standard InChI is InChI=1S/C14H19N3S/c18-14(15-12-5-2-1-3-6-12)17-10-9-16-8-4-7-13(16)11-17/h1-3,5-6,13H,4,7-11H2,(H,15,18)/p+1/t13-/m0/s1. The zero-order valence-corrected chi connectivity index (χ0v) is 11.4. The Bertz CT molecular complexity index is 420. The second-order valence-electron chi connectivity index (χ2n) is 5.24. The van der Waals surface area contributed by atoms with Crippen LogP contribution in [0.2, 0.25) is 0 Å². The highest BCUT2D eigenvalue weighted by molar-refractivity contribution is 7.80. The van der Waals surface area contributed by atoms with Gasteiger partial charge in [-0.25, -0.2) is 0 Å². The van der Waals surface area contributed by atoms with Crippen LogP contribution >= 0.6 is 12.2 Å². The molecule has 0 radical (unpaired) electrons. The largest absolute Gasteiger partial charge is 0.337 e. The van der Waals surface area contributed by atoms with Crippen LogP contribution in [0.4, 0.5) is 5.69 Å². The fraction of sp³-hybridized carbons (Fsp3) is 0.500. The Labute approximate surface area is 114 Å². The van der Waals surface area contributed by atoms with E-state index in [1.165, 1.54) is 25.9 Å². The van der Waals surface area contributed by atoms with Crippen molar-refractivity contribution >= 4 is 23.0 Å². The lowest BCUT2D eigenvalue weighted by atomic mass is 10.2. The molecule has 2 N–H and O–H groups in total. The summed E-state index contributed by atoms with van der Waals surface area (Å²) < 4.78 is 0. The number of quaternary nitrogens is 1. The highest BCUT2D eigenvalue weighted by Gasteiger charge is 2.34. The van der Waals surface area contributed by atoms with Crippen LogP contribution in [0, 0.1) is 0 Å². The predicted molar refractivity (Wildman–Crippen MR) is 78.0 cm³/mol. The summed E-state index contributed by atoms with van der Waals surface area (Å²) >= 11 is 5.52. The lowest BCUT2D eigenvalue weighted by molar-refractivity contribution is -0.916. The number of thiocarbonyl (C=S) groups is 1. The maximum absolute atomic E-state index is 5.52. The third-order valence-electron chi connectivity index (χ3n) is 4.08. The van der Waals surface area contributed by atoms with Crippen LogP contribution in [0.3, 0.4) is 0 Å². The first-order valence-corrected chi connectivity index (χ1v) is 7.19. The van der Waals surface area contributed by atoms with Gasteiger partial charge < -0.3 is 15.1 Å². The first-order valence-electron chi connectivity index (χ1n) is 6.78. The van der Waals surface area contributed by atoms with Gasteiger partial charge in [-0.15, -0.1) is 0 Å². The Morgan fingerprint density at radius 2 is 2.11 bits per heavy atom. The smallest absolute Gasteiger partial charge is 0.173 e. The molecule has 2 atom stereocenters. The van der Waals surface area contributed by atoms with E-state index < -0.39 is 0 Å². The van der Waals surface area contributed by atoms with E-state index in [2.05, 4.69) is 22.3 Å². The second-order valence-corrected chi connectivity index (χ2v) is 5.63. The first-order chi connectivity index (χ1) is 8.83. The summed E-state index contributed by atoms with van der Waals surface area (Å²) in [6.45, 7) is 4.80. The Balaban J connectivity index is 1.60. The summed E-state index contributed by atoms with van der Waals surface area (Å²) in [5.74, 6) is 0. The van der Waals surface area contributed by atoms with Crippen LogP contribution in [0.5, 0.6) is 0 Å². The quantitative estimate of drug-likeness (QED) is 0.729. The number of hydrogen-bond acceptors (Lipinski definition) is 1. The number of anilines is 1. The normalized spacial score (nSPS) is 26.8. The Kier molecular flexibility index (Phi) is 3.48. The van der Waals surface area contributed by atoms with Crippen LogP contribution in [0.1, 0.15) is 12.8 Å². The van der Waals surface area contributed by atoms with Gasteiger partial charge >= 0.3 is 0 Å². The van der Waals surface area contributed by atoms with Gasteiger partial charge in [-0.05, 0) is 24.4 Å². The Morgan fingerprint density at radius 1 is 1.28 bits per heavy atom. The zero-order chi connectivity index (χ0) is 12.4. The van der Waals surface area contributed by atoms with Crippen molar-refractivity contribution in [2.75, 3.05) is 31.5 Å². The molecule has 0 saturated carbocycles. The summed E-state index contributed by atoms with van der Waals surface area (Å²) in [5, 5.41) is 4.22. The fourth-order valence-corrected chi connectivity index (χ4v) is 3.36. The van der Waals surface area contributed by atoms with Crippen molar-refractivity contribution in [3.63, 3.8) is 0 Å². The van der Waals surface area contributed by atoms with Gasteiger partial charge in [0.05, 0.1) is 26.2 Å². The van der Waals surface area contributed by atoms with Crippen molar-refractivity contribution in [3.05, 3.63) is 30.3 Å². The van der Waals surface area contributed by atoms with Crippen molar-refractivity contribution in [3.8, 4) is 0 Å². The molecule has 2 heterocycles. The topological polar surface area (TPSA) is 19.7 Å². The molecule has 2 aliphatic rings. The number of nitrogens with zero attached hydrogens (tertiary/aromatic N) is 1. The van der Waals surface area contributed by atoms with Crippen molar-refractivity contribution in [2.24, 2.45) is 0 Å². The summed E-state index contributed by atoms with van der Waals surface area (Å²) in [6, 6.07) is 11.0. The molecule has 0 spiro atoms. The highest BCUT2D eigenvalue weighted by Crippen LogP contribution is 2.10. The Hall–Kier alpha value is -1.13. The third kappa shape index (κ3) is 2.49. The molecule has 1 aromatic rings. The van der Waals surface area contributed by atoms with Crippen molar-refractivity contribution in [2.45, 2.75) is 18.9 Å². The molecule has 4 heteroatoms. The number of piperazine rings is 1. The summed E-state index contributed by atoms with van der Waals surface area (Å²) in [6.07, 6.45) is 2.74. The summed E-state index contributed by atoms with van der Waals surface area (Å²) in [4.78, 5) is 4.12. The van der Waals surface area contributed by atoms with Gasteiger partial charge in [0.2, 0.25) is 0 Å². The second kappa shape index (κ2) is 5.24. The van der Waals surface area contributed by atoms with Crippen LogP contribution in [-0.4, -0.2) is 42.2 Å². The molecule has 3 rings (SSSR count). The van der Waals surface area contributed by atoms with Crippen molar-refractivity contribution in [1.82, 2.24) is 4.90 Å². The van der Waals surface area contributed by atoms with Gasteiger partial charge in [-0.3, -0.25) is 0 Å². The number of fused-ring (bicyclic) bond motifs is 1. The van der Waals surface area contributed by atoms with Gasteiger partial charge in [-0.1, -0.05) is 18.2 Å². The molecule has 1 aromatic carbocycles. The molecule has 0 aliphatic carbocycles. The molecular formula is C14H20N3S+. The minimum atomic E-state index is 0.800.